The van der Waals surface area contributed by atoms with Crippen LogP contribution >= 0.6 is 0 Å². The van der Waals surface area contributed by atoms with Gasteiger partial charge in [-0.15, -0.1) is 0 Å². The van der Waals surface area contributed by atoms with Crippen LogP contribution in [0, 0.1) is 0 Å². The average Bonchev–Trinajstić information content (AvgIpc) is 3.90. The van der Waals surface area contributed by atoms with Crippen LogP contribution in [0.5, 0.6) is 0 Å². The minimum absolute atomic E-state index is 0.771. The molecule has 1 unspecified atom stereocenters. The third kappa shape index (κ3) is 6.21. The Balaban J connectivity index is 1.08. The number of hydrogen-bond acceptors (Lipinski definition) is 2. The normalized spacial score (nSPS) is 13.9. The van der Waals surface area contributed by atoms with Gasteiger partial charge in [0.2, 0.25) is 0 Å². The lowest BCUT2D eigenvalue weighted by Crippen LogP contribution is -2.44. The van der Waals surface area contributed by atoms with E-state index in [1.807, 2.05) is 0 Å². The zero-order chi connectivity index (χ0) is 45.0. The molecular formula is C65H45N3. The fourth-order valence-electron chi connectivity index (χ4n) is 11.1. The Morgan fingerprint density at radius 3 is 1.66 bits per heavy atom. The standard InChI is InChI=1S/C65H45N3/c1-5-22-47(23-6-1)55-31-16-19-35-62(55)67-63-36-20-17-33-58(63)59-42-40-53(45-64(59)67)66(50-27-9-3-10-28-50)52-39-41-57-56-32-15-18-34-60(56)65(61(57)44-52,49-25-7-2-8-26-49)68(51-29-11-4-12-30-51)54-38-37-46-21-13-14-24-48(46)43-54/h1-45H. The quantitative estimate of drug-likeness (QED) is 0.143. The minimum atomic E-state index is -0.771. The van der Waals surface area contributed by atoms with E-state index in [1.54, 1.807) is 0 Å². The molecule has 12 aromatic rings. The van der Waals surface area contributed by atoms with E-state index in [2.05, 4.69) is 287 Å². The summed E-state index contributed by atoms with van der Waals surface area (Å²) in [5.41, 5.74) is 16.6. The highest BCUT2D eigenvalue weighted by atomic mass is 15.2. The molecule has 1 aliphatic rings. The van der Waals surface area contributed by atoms with Gasteiger partial charge >= 0.3 is 0 Å². The summed E-state index contributed by atoms with van der Waals surface area (Å²) >= 11 is 0. The first-order valence-electron chi connectivity index (χ1n) is 23.4. The van der Waals surface area contributed by atoms with Crippen LogP contribution in [-0.4, -0.2) is 4.57 Å². The van der Waals surface area contributed by atoms with E-state index in [0.717, 1.165) is 39.6 Å². The minimum Gasteiger partial charge on any atom is -0.323 e. The second-order valence-electron chi connectivity index (χ2n) is 17.7. The first-order valence-corrected chi connectivity index (χ1v) is 23.4. The van der Waals surface area contributed by atoms with Gasteiger partial charge in [-0.05, 0) is 117 Å². The maximum absolute atomic E-state index is 2.59. The number of fused-ring (bicyclic) bond motifs is 7. The molecule has 0 fully saturated rings. The van der Waals surface area contributed by atoms with Gasteiger partial charge in [0.25, 0.3) is 0 Å². The largest absolute Gasteiger partial charge is 0.323 e. The number of nitrogens with zero attached hydrogens (tertiary/aromatic N) is 3. The van der Waals surface area contributed by atoms with Gasteiger partial charge in [0.15, 0.2) is 0 Å². The number of anilines is 5. The van der Waals surface area contributed by atoms with Crippen molar-refractivity contribution in [2.75, 3.05) is 9.80 Å². The van der Waals surface area contributed by atoms with Crippen LogP contribution in [0.3, 0.4) is 0 Å². The molecule has 3 nitrogen and oxygen atoms in total. The van der Waals surface area contributed by atoms with E-state index < -0.39 is 5.54 Å². The Hall–Kier alpha value is -8.92. The molecule has 3 heteroatoms. The van der Waals surface area contributed by atoms with Crippen molar-refractivity contribution in [2.45, 2.75) is 5.54 Å². The molecule has 0 aliphatic heterocycles. The lowest BCUT2D eigenvalue weighted by Gasteiger charge is -2.45. The fraction of sp³-hybridized carbons (Fsp3) is 0.0154. The van der Waals surface area contributed by atoms with Crippen LogP contribution in [0.4, 0.5) is 28.4 Å². The molecule has 0 spiro atoms. The van der Waals surface area contributed by atoms with Crippen LogP contribution in [0.2, 0.25) is 0 Å². The first-order chi connectivity index (χ1) is 33.8. The highest BCUT2D eigenvalue weighted by Crippen LogP contribution is 2.59. The summed E-state index contributed by atoms with van der Waals surface area (Å²) in [7, 11) is 0. The van der Waals surface area contributed by atoms with Gasteiger partial charge in [-0.1, -0.05) is 200 Å². The van der Waals surface area contributed by atoms with Crippen molar-refractivity contribution >= 4 is 61.0 Å². The number of hydrogen-bond donors (Lipinski definition) is 0. The molecule has 1 atom stereocenters. The Bertz CT molecular complexity index is 3800. The summed E-state index contributed by atoms with van der Waals surface area (Å²) in [5, 5.41) is 4.84. The monoisotopic (exact) mass is 867 g/mol. The second-order valence-corrected chi connectivity index (χ2v) is 17.7. The molecule has 0 saturated heterocycles. The van der Waals surface area contributed by atoms with Crippen LogP contribution in [0.15, 0.2) is 273 Å². The average molecular weight is 868 g/mol. The summed E-state index contributed by atoms with van der Waals surface area (Å²) in [6.45, 7) is 0. The Morgan fingerprint density at radius 2 is 0.868 bits per heavy atom. The number of aromatic nitrogens is 1. The van der Waals surface area contributed by atoms with Crippen molar-refractivity contribution in [3.8, 4) is 27.9 Å². The Kier molecular flexibility index (Phi) is 9.40. The molecule has 0 radical (unpaired) electrons. The molecule has 0 bridgehead atoms. The molecule has 0 saturated carbocycles. The predicted molar refractivity (Wildman–Crippen MR) is 285 cm³/mol. The smallest absolute Gasteiger partial charge is 0.122 e. The summed E-state index contributed by atoms with van der Waals surface area (Å²) < 4.78 is 2.46. The van der Waals surface area contributed by atoms with E-state index >= 15 is 0 Å². The second kappa shape index (κ2) is 16.2. The fourth-order valence-corrected chi connectivity index (χ4v) is 11.1. The Labute approximate surface area is 396 Å². The van der Waals surface area contributed by atoms with Crippen molar-refractivity contribution in [1.82, 2.24) is 4.57 Å². The third-order valence-corrected chi connectivity index (χ3v) is 14.0. The predicted octanol–water partition coefficient (Wildman–Crippen LogP) is 17.2. The molecule has 0 amide bonds. The molecule has 1 aromatic heterocycles. The molecule has 320 valence electrons. The molecule has 1 aliphatic carbocycles. The number of benzene rings is 11. The highest BCUT2D eigenvalue weighted by molar-refractivity contribution is 6.11. The van der Waals surface area contributed by atoms with E-state index in [1.165, 1.54) is 66.0 Å². The van der Waals surface area contributed by atoms with E-state index in [0.29, 0.717) is 0 Å². The van der Waals surface area contributed by atoms with Crippen molar-refractivity contribution in [3.63, 3.8) is 0 Å². The van der Waals surface area contributed by atoms with Crippen LogP contribution < -0.4 is 9.80 Å². The highest BCUT2D eigenvalue weighted by Gasteiger charge is 2.50. The maximum Gasteiger partial charge on any atom is 0.122 e. The van der Waals surface area contributed by atoms with E-state index in [-0.39, 0.29) is 0 Å². The molecule has 1 heterocycles. The van der Waals surface area contributed by atoms with Gasteiger partial charge in [0, 0.05) is 44.8 Å². The molecule has 11 aromatic carbocycles. The van der Waals surface area contributed by atoms with E-state index in [9.17, 15) is 0 Å². The van der Waals surface area contributed by atoms with Gasteiger partial charge in [-0.3, -0.25) is 0 Å². The van der Waals surface area contributed by atoms with Crippen molar-refractivity contribution in [1.29, 1.82) is 0 Å². The van der Waals surface area contributed by atoms with Gasteiger partial charge in [-0.2, -0.15) is 0 Å². The molecule has 13 rings (SSSR count). The third-order valence-electron chi connectivity index (χ3n) is 14.0. The number of para-hydroxylation sites is 4. The lowest BCUT2D eigenvalue weighted by atomic mass is 9.78. The molecular weight excluding hydrogens is 823 g/mol. The topological polar surface area (TPSA) is 11.4 Å². The van der Waals surface area contributed by atoms with Crippen molar-refractivity contribution in [3.05, 3.63) is 290 Å². The Morgan fingerprint density at radius 1 is 0.309 bits per heavy atom. The summed E-state index contributed by atoms with van der Waals surface area (Å²) in [6.07, 6.45) is 0. The van der Waals surface area contributed by atoms with Gasteiger partial charge in [-0.25, -0.2) is 0 Å². The van der Waals surface area contributed by atoms with Crippen LogP contribution in [0.1, 0.15) is 16.7 Å². The SMILES string of the molecule is c1ccc(-c2ccccc2-n2c3ccccc3c3ccc(N(c4ccccc4)c4ccc5c(c4)C(c4ccccc4)(N(c4ccccc4)c4ccc6ccccc6c4)c4ccccc4-5)cc32)cc1. The zero-order valence-corrected chi connectivity index (χ0v) is 37.3. The van der Waals surface area contributed by atoms with Crippen LogP contribution in [0.25, 0.3) is 60.5 Å². The summed E-state index contributed by atoms with van der Waals surface area (Å²) in [6, 6.07) is 100.0. The van der Waals surface area contributed by atoms with Crippen LogP contribution in [-0.2, 0) is 5.54 Å². The summed E-state index contributed by atoms with van der Waals surface area (Å²) in [5.74, 6) is 0. The van der Waals surface area contributed by atoms with Crippen molar-refractivity contribution in [2.24, 2.45) is 0 Å². The maximum atomic E-state index is 2.59. The van der Waals surface area contributed by atoms with Gasteiger partial charge < -0.3 is 14.4 Å². The van der Waals surface area contributed by atoms with E-state index in [4.69, 9.17) is 0 Å². The van der Waals surface area contributed by atoms with Gasteiger partial charge in [0.05, 0.1) is 16.7 Å². The molecule has 68 heavy (non-hydrogen) atoms. The lowest BCUT2D eigenvalue weighted by molar-refractivity contribution is 0.644. The number of rotatable bonds is 9. The van der Waals surface area contributed by atoms with Gasteiger partial charge in [0.1, 0.15) is 5.54 Å². The first kappa shape index (κ1) is 39.4. The molecule has 0 N–H and O–H groups in total. The van der Waals surface area contributed by atoms with Crippen molar-refractivity contribution < 1.29 is 0 Å². The zero-order valence-electron chi connectivity index (χ0n) is 37.3. The summed E-state index contributed by atoms with van der Waals surface area (Å²) in [4.78, 5) is 5.03.